The van der Waals surface area contributed by atoms with E-state index in [0.717, 1.165) is 25.0 Å². The fraction of sp³-hybridized carbons (Fsp3) is 0.273. The first-order chi connectivity index (χ1) is 14.4. The van der Waals surface area contributed by atoms with Crippen LogP contribution in [-0.2, 0) is 6.18 Å². The largest absolute Gasteiger partial charge is 0.416 e. The molecule has 0 bridgehead atoms. The number of likely N-dealkylation sites (tertiary alicyclic amines) is 1. The van der Waals surface area contributed by atoms with E-state index in [4.69, 9.17) is 0 Å². The molecule has 0 aliphatic carbocycles. The van der Waals surface area contributed by atoms with Crippen molar-refractivity contribution in [3.05, 3.63) is 78.0 Å². The first-order valence-electron chi connectivity index (χ1n) is 9.61. The molecule has 1 saturated heterocycles. The van der Waals surface area contributed by atoms with Gasteiger partial charge in [-0.15, -0.1) is 0 Å². The molecular weight excluding hydrogens is 393 g/mol. The fourth-order valence-corrected chi connectivity index (χ4v) is 3.77. The molecule has 0 N–H and O–H groups in total. The number of aromatic nitrogens is 3. The lowest BCUT2D eigenvalue weighted by Gasteiger charge is -2.33. The maximum atomic E-state index is 13.2. The van der Waals surface area contributed by atoms with Gasteiger partial charge in [-0.1, -0.05) is 12.1 Å². The quantitative estimate of drug-likeness (QED) is 0.632. The van der Waals surface area contributed by atoms with Gasteiger partial charge in [0.2, 0.25) is 0 Å². The molecule has 4 rings (SSSR count). The number of alkyl halides is 3. The molecule has 30 heavy (non-hydrogen) atoms. The summed E-state index contributed by atoms with van der Waals surface area (Å²) in [4.78, 5) is 27.3. The first-order valence-corrected chi connectivity index (χ1v) is 9.61. The van der Waals surface area contributed by atoms with Crippen molar-refractivity contribution in [2.45, 2.75) is 24.9 Å². The highest BCUT2D eigenvalue weighted by Crippen LogP contribution is 2.35. The van der Waals surface area contributed by atoms with E-state index in [-0.39, 0.29) is 11.8 Å². The number of carbonyl (C=O) groups is 1. The molecule has 3 heterocycles. The molecule has 0 spiro atoms. The van der Waals surface area contributed by atoms with Gasteiger partial charge in [0, 0.05) is 49.4 Å². The van der Waals surface area contributed by atoms with Crippen molar-refractivity contribution in [1.82, 2.24) is 19.9 Å². The molecule has 1 aliphatic heterocycles. The van der Waals surface area contributed by atoms with E-state index in [1.807, 2.05) is 0 Å². The Morgan fingerprint density at radius 2 is 1.90 bits per heavy atom. The third kappa shape index (κ3) is 4.17. The summed E-state index contributed by atoms with van der Waals surface area (Å²) in [5.74, 6) is -0.227. The van der Waals surface area contributed by atoms with Gasteiger partial charge in [0.05, 0.1) is 22.5 Å². The summed E-state index contributed by atoms with van der Waals surface area (Å²) < 4.78 is 39.5. The van der Waals surface area contributed by atoms with Gasteiger partial charge in [0.1, 0.15) is 0 Å². The molecule has 1 amide bonds. The zero-order valence-corrected chi connectivity index (χ0v) is 16.0. The summed E-state index contributed by atoms with van der Waals surface area (Å²) in [6, 6.07) is 8.53. The van der Waals surface area contributed by atoms with Crippen LogP contribution in [0.2, 0.25) is 0 Å². The number of carbonyl (C=O) groups excluding carboxylic acids is 1. The lowest BCUT2D eigenvalue weighted by molar-refractivity contribution is -0.137. The molecular formula is C22H19F3N4O. The molecule has 0 unspecified atom stereocenters. The van der Waals surface area contributed by atoms with Gasteiger partial charge in [-0.25, -0.2) is 0 Å². The normalized spacial score (nSPS) is 17.0. The molecule has 2 aromatic heterocycles. The Bertz CT molecular complexity index is 1040. The van der Waals surface area contributed by atoms with E-state index in [0.29, 0.717) is 35.6 Å². The number of hydrogen-bond donors (Lipinski definition) is 0. The molecule has 0 radical (unpaired) electrons. The second-order valence-corrected chi connectivity index (χ2v) is 7.20. The number of piperidine rings is 1. The third-order valence-electron chi connectivity index (χ3n) is 5.19. The second kappa shape index (κ2) is 8.22. The molecule has 1 fully saturated rings. The van der Waals surface area contributed by atoms with Gasteiger partial charge in [-0.2, -0.15) is 13.2 Å². The lowest BCUT2D eigenvalue weighted by Crippen LogP contribution is -2.39. The Balaban J connectivity index is 1.63. The number of pyridine rings is 1. The molecule has 5 nitrogen and oxygen atoms in total. The van der Waals surface area contributed by atoms with E-state index >= 15 is 0 Å². The number of hydrogen-bond acceptors (Lipinski definition) is 4. The van der Waals surface area contributed by atoms with Gasteiger partial charge in [0.15, 0.2) is 0 Å². The molecule has 3 aromatic rings. The van der Waals surface area contributed by atoms with Crippen LogP contribution in [0.25, 0.3) is 11.3 Å². The van der Waals surface area contributed by atoms with Gasteiger partial charge in [-0.3, -0.25) is 19.7 Å². The van der Waals surface area contributed by atoms with Gasteiger partial charge < -0.3 is 4.90 Å². The van der Waals surface area contributed by atoms with Crippen molar-refractivity contribution in [1.29, 1.82) is 0 Å². The maximum absolute atomic E-state index is 13.2. The van der Waals surface area contributed by atoms with Crippen LogP contribution in [-0.4, -0.2) is 38.8 Å². The average Bonchev–Trinajstić information content (AvgIpc) is 2.79. The number of rotatable bonds is 3. The summed E-state index contributed by atoms with van der Waals surface area (Å²) in [5.41, 5.74) is 1.18. The summed E-state index contributed by atoms with van der Waals surface area (Å²) in [6.45, 7) is 1.04. The summed E-state index contributed by atoms with van der Waals surface area (Å²) in [6.07, 6.45) is 3.26. The number of nitrogens with zero attached hydrogens (tertiary/aromatic N) is 4. The summed E-state index contributed by atoms with van der Waals surface area (Å²) in [7, 11) is 0. The predicted molar refractivity (Wildman–Crippen MR) is 105 cm³/mol. The topological polar surface area (TPSA) is 59.0 Å². The Morgan fingerprint density at radius 3 is 2.67 bits per heavy atom. The molecule has 1 aliphatic rings. The third-order valence-corrected chi connectivity index (χ3v) is 5.19. The SMILES string of the molecule is O=C(c1cccnc1)N1CCC[C@@H](c2nccnc2-c2cccc(C(F)(F)F)c2)C1. The molecule has 0 saturated carbocycles. The van der Waals surface area contributed by atoms with Crippen LogP contribution >= 0.6 is 0 Å². The zero-order chi connectivity index (χ0) is 21.1. The van der Waals surface area contributed by atoms with Crippen LogP contribution in [0.4, 0.5) is 13.2 Å². The van der Waals surface area contributed by atoms with Crippen LogP contribution < -0.4 is 0 Å². The standard InChI is InChI=1S/C22H19F3N4O/c23-22(24,25)18-7-1-4-15(12-18)19-20(28-10-9-27-19)17-6-3-11-29(14-17)21(30)16-5-2-8-26-13-16/h1-2,4-5,7-10,12-13,17H,3,6,11,14H2/t17-/m1/s1. The van der Waals surface area contributed by atoms with Crippen molar-refractivity contribution in [3.63, 3.8) is 0 Å². The zero-order valence-electron chi connectivity index (χ0n) is 16.0. The number of amides is 1. The highest BCUT2D eigenvalue weighted by atomic mass is 19.4. The predicted octanol–water partition coefficient (Wildman–Crippen LogP) is 4.58. The monoisotopic (exact) mass is 412 g/mol. The number of benzene rings is 1. The van der Waals surface area contributed by atoms with E-state index in [9.17, 15) is 18.0 Å². The van der Waals surface area contributed by atoms with Crippen LogP contribution in [0, 0.1) is 0 Å². The smallest absolute Gasteiger partial charge is 0.338 e. The van der Waals surface area contributed by atoms with Crippen LogP contribution in [0.1, 0.15) is 40.4 Å². The maximum Gasteiger partial charge on any atom is 0.416 e. The van der Waals surface area contributed by atoms with E-state index in [1.54, 1.807) is 29.3 Å². The van der Waals surface area contributed by atoms with Crippen molar-refractivity contribution in [2.24, 2.45) is 0 Å². The summed E-state index contributed by atoms with van der Waals surface area (Å²) >= 11 is 0. The van der Waals surface area contributed by atoms with Crippen molar-refractivity contribution < 1.29 is 18.0 Å². The van der Waals surface area contributed by atoms with Crippen LogP contribution in [0.15, 0.2) is 61.2 Å². The summed E-state index contributed by atoms with van der Waals surface area (Å²) in [5, 5.41) is 0. The minimum atomic E-state index is -4.43. The highest BCUT2D eigenvalue weighted by molar-refractivity contribution is 5.94. The molecule has 154 valence electrons. The van der Waals surface area contributed by atoms with E-state index < -0.39 is 11.7 Å². The Labute approximate surface area is 171 Å². The molecule has 8 heteroatoms. The Morgan fingerprint density at radius 1 is 1.07 bits per heavy atom. The van der Waals surface area contributed by atoms with Gasteiger partial charge >= 0.3 is 6.18 Å². The fourth-order valence-electron chi connectivity index (χ4n) is 3.77. The number of halogens is 3. The highest BCUT2D eigenvalue weighted by Gasteiger charge is 2.32. The van der Waals surface area contributed by atoms with E-state index in [2.05, 4.69) is 15.0 Å². The van der Waals surface area contributed by atoms with Crippen molar-refractivity contribution >= 4 is 5.91 Å². The first kappa shape index (κ1) is 20.0. The molecule has 1 atom stereocenters. The minimum Gasteiger partial charge on any atom is -0.338 e. The van der Waals surface area contributed by atoms with E-state index in [1.165, 1.54) is 24.7 Å². The van der Waals surface area contributed by atoms with Crippen molar-refractivity contribution in [2.75, 3.05) is 13.1 Å². The van der Waals surface area contributed by atoms with Gasteiger partial charge in [0.25, 0.3) is 5.91 Å². The van der Waals surface area contributed by atoms with Gasteiger partial charge in [-0.05, 0) is 37.1 Å². The Hall–Kier alpha value is -3.29. The van der Waals surface area contributed by atoms with Crippen molar-refractivity contribution in [3.8, 4) is 11.3 Å². The lowest BCUT2D eigenvalue weighted by atomic mass is 9.91. The second-order valence-electron chi connectivity index (χ2n) is 7.20. The van der Waals surface area contributed by atoms with Crippen LogP contribution in [0.5, 0.6) is 0 Å². The Kier molecular flexibility index (Phi) is 5.48. The van der Waals surface area contributed by atoms with Crippen LogP contribution in [0.3, 0.4) is 0 Å². The molecule has 1 aromatic carbocycles. The average molecular weight is 412 g/mol. The minimum absolute atomic E-state index is 0.113.